The number of fused-ring (bicyclic) bond motifs is 1. The maximum Gasteiger partial charge on any atom is 0.0352 e. The zero-order valence-electron chi connectivity index (χ0n) is 16.1. The Morgan fingerprint density at radius 3 is 2.20 bits per heavy atom. The van der Waals surface area contributed by atoms with E-state index in [-0.39, 0.29) is 0 Å². The standard InChI is InChI=1S/C25H31/c1-4-7-15-23-22-16-9-8-13-20(22)18-25(23)24-17-10-14-19(11-5-2)21(24)12-6-3/h8-10,13-14,16-18H,4-7,11-12,15H2,1-3H3. The fourth-order valence-corrected chi connectivity index (χ4v) is 4.08. The minimum atomic E-state index is 1.18. The molecule has 2 aromatic carbocycles. The number of unbranched alkanes of at least 4 members (excludes halogenated alkanes) is 1. The number of aryl methyl sites for hydroxylation is 1. The highest BCUT2D eigenvalue weighted by molar-refractivity contribution is 5.99. The molecule has 25 heavy (non-hydrogen) atoms. The molecule has 0 aliphatic heterocycles. The molecule has 0 heteroatoms. The van der Waals surface area contributed by atoms with E-state index < -0.39 is 0 Å². The molecule has 2 aromatic rings. The van der Waals surface area contributed by atoms with Gasteiger partial charge in [0.15, 0.2) is 0 Å². The molecule has 0 saturated heterocycles. The smallest absolute Gasteiger partial charge is 0.0352 e. The average molecular weight is 332 g/mol. The van der Waals surface area contributed by atoms with Crippen molar-refractivity contribution in [2.45, 2.75) is 65.7 Å². The van der Waals surface area contributed by atoms with E-state index in [9.17, 15) is 0 Å². The molecule has 131 valence electrons. The zero-order chi connectivity index (χ0) is 17.6. The minimum absolute atomic E-state index is 1.18. The van der Waals surface area contributed by atoms with E-state index in [1.165, 1.54) is 67.2 Å². The van der Waals surface area contributed by atoms with Crippen molar-refractivity contribution in [3.05, 3.63) is 76.2 Å². The van der Waals surface area contributed by atoms with Gasteiger partial charge in [-0.15, -0.1) is 0 Å². The van der Waals surface area contributed by atoms with E-state index in [4.69, 9.17) is 0 Å². The molecule has 0 unspecified atom stereocenters. The van der Waals surface area contributed by atoms with E-state index in [0.717, 1.165) is 0 Å². The average Bonchev–Trinajstić information content (AvgIpc) is 3.00. The molecule has 0 heterocycles. The van der Waals surface area contributed by atoms with Crippen LogP contribution in [0, 0.1) is 5.92 Å². The number of rotatable bonds is 8. The van der Waals surface area contributed by atoms with Crippen LogP contribution in [0.25, 0.3) is 11.6 Å². The molecule has 0 N–H and O–H groups in total. The summed E-state index contributed by atoms with van der Waals surface area (Å²) in [4.78, 5) is 0. The molecule has 1 radical (unpaired) electrons. The predicted octanol–water partition coefficient (Wildman–Crippen LogP) is 7.26. The lowest BCUT2D eigenvalue weighted by atomic mass is 9.83. The van der Waals surface area contributed by atoms with Gasteiger partial charge in [-0.3, -0.25) is 0 Å². The molecule has 0 atom stereocenters. The summed E-state index contributed by atoms with van der Waals surface area (Å²) in [5.74, 6) is 1.56. The minimum Gasteiger partial charge on any atom is -0.0654 e. The molecule has 0 saturated carbocycles. The van der Waals surface area contributed by atoms with E-state index >= 15 is 0 Å². The van der Waals surface area contributed by atoms with Gasteiger partial charge in [-0.2, -0.15) is 0 Å². The topological polar surface area (TPSA) is 0 Å². The van der Waals surface area contributed by atoms with Crippen molar-refractivity contribution in [2.75, 3.05) is 0 Å². The van der Waals surface area contributed by atoms with E-state index in [1.54, 1.807) is 17.0 Å². The highest BCUT2D eigenvalue weighted by atomic mass is 14.3. The van der Waals surface area contributed by atoms with Gasteiger partial charge in [-0.25, -0.2) is 0 Å². The van der Waals surface area contributed by atoms with Gasteiger partial charge in [0, 0.05) is 5.92 Å². The summed E-state index contributed by atoms with van der Waals surface area (Å²) in [7, 11) is 0. The maximum atomic E-state index is 2.44. The van der Waals surface area contributed by atoms with Gasteiger partial charge >= 0.3 is 0 Å². The van der Waals surface area contributed by atoms with Crippen molar-refractivity contribution >= 4 is 11.6 Å². The van der Waals surface area contributed by atoms with Crippen LogP contribution in [0.2, 0.25) is 0 Å². The van der Waals surface area contributed by atoms with Gasteiger partial charge < -0.3 is 0 Å². The second kappa shape index (κ2) is 8.52. The molecule has 1 aliphatic carbocycles. The lowest BCUT2D eigenvalue weighted by molar-refractivity contribution is 0.767. The van der Waals surface area contributed by atoms with Gasteiger partial charge in [0.05, 0.1) is 0 Å². The van der Waals surface area contributed by atoms with E-state index in [2.05, 4.69) is 69.3 Å². The van der Waals surface area contributed by atoms with Crippen LogP contribution in [0.3, 0.4) is 0 Å². The molecule has 0 amide bonds. The predicted molar refractivity (Wildman–Crippen MR) is 111 cm³/mol. The third-order valence-corrected chi connectivity index (χ3v) is 5.27. The van der Waals surface area contributed by atoms with Crippen molar-refractivity contribution in [2.24, 2.45) is 0 Å². The van der Waals surface area contributed by atoms with Crippen molar-refractivity contribution in [3.8, 4) is 0 Å². The summed E-state index contributed by atoms with van der Waals surface area (Å²) in [6.45, 7) is 6.87. The first-order chi connectivity index (χ1) is 12.3. The quantitative estimate of drug-likeness (QED) is 0.477. The molecule has 0 bridgehead atoms. The first kappa shape index (κ1) is 18.0. The Morgan fingerprint density at radius 2 is 1.44 bits per heavy atom. The summed E-state index contributed by atoms with van der Waals surface area (Å²) in [6, 6.07) is 15.9. The monoisotopic (exact) mass is 331 g/mol. The summed E-state index contributed by atoms with van der Waals surface area (Å²) < 4.78 is 0. The van der Waals surface area contributed by atoms with Crippen molar-refractivity contribution in [1.29, 1.82) is 0 Å². The van der Waals surface area contributed by atoms with Crippen LogP contribution in [0.5, 0.6) is 0 Å². The Hall–Kier alpha value is -1.82. The molecule has 1 aliphatic rings. The van der Waals surface area contributed by atoms with Gasteiger partial charge in [0.2, 0.25) is 0 Å². The molecule has 0 nitrogen and oxygen atoms in total. The number of benzene rings is 2. The Bertz CT molecular complexity index is 735. The third kappa shape index (κ3) is 3.73. The van der Waals surface area contributed by atoms with Crippen molar-refractivity contribution < 1.29 is 0 Å². The van der Waals surface area contributed by atoms with E-state index in [0.29, 0.717) is 0 Å². The van der Waals surface area contributed by atoms with Crippen molar-refractivity contribution in [3.63, 3.8) is 0 Å². The largest absolute Gasteiger partial charge is 0.0654 e. The first-order valence-corrected chi connectivity index (χ1v) is 10.1. The fourth-order valence-electron chi connectivity index (χ4n) is 4.08. The van der Waals surface area contributed by atoms with Crippen LogP contribution in [-0.4, -0.2) is 0 Å². The molecular formula is C25H31. The van der Waals surface area contributed by atoms with Crippen LogP contribution >= 0.6 is 0 Å². The van der Waals surface area contributed by atoms with Crippen LogP contribution in [0.4, 0.5) is 0 Å². The summed E-state index contributed by atoms with van der Waals surface area (Å²) >= 11 is 0. The van der Waals surface area contributed by atoms with Gasteiger partial charge in [0.25, 0.3) is 0 Å². The van der Waals surface area contributed by atoms with Crippen LogP contribution < -0.4 is 0 Å². The summed E-state index contributed by atoms with van der Waals surface area (Å²) in [5.41, 5.74) is 8.95. The van der Waals surface area contributed by atoms with Gasteiger partial charge in [-0.05, 0) is 58.7 Å². The maximum absolute atomic E-state index is 2.44. The zero-order valence-corrected chi connectivity index (χ0v) is 16.1. The second-order valence-corrected chi connectivity index (χ2v) is 7.17. The molecule has 0 spiro atoms. The normalized spacial score (nSPS) is 13.8. The second-order valence-electron chi connectivity index (χ2n) is 7.17. The highest BCUT2D eigenvalue weighted by Crippen LogP contribution is 2.45. The third-order valence-electron chi connectivity index (χ3n) is 5.27. The van der Waals surface area contributed by atoms with Gasteiger partial charge in [-0.1, -0.05) is 88.9 Å². The Balaban J connectivity index is 2.06. The highest BCUT2D eigenvalue weighted by Gasteiger charge is 2.27. The molecular weight excluding hydrogens is 300 g/mol. The van der Waals surface area contributed by atoms with Crippen LogP contribution in [0.1, 0.15) is 80.7 Å². The Kier molecular flexibility index (Phi) is 6.13. The first-order valence-electron chi connectivity index (χ1n) is 10.1. The number of hydrogen-bond donors (Lipinski definition) is 0. The molecule has 0 aromatic heterocycles. The molecule has 0 fully saturated rings. The fraction of sp³-hybridized carbons (Fsp3) is 0.400. The Labute approximate surface area is 154 Å². The lowest BCUT2D eigenvalue weighted by Gasteiger charge is -2.21. The number of allylic oxidation sites excluding steroid dienone is 1. The van der Waals surface area contributed by atoms with E-state index in [1.807, 2.05) is 0 Å². The summed E-state index contributed by atoms with van der Waals surface area (Å²) in [5, 5.41) is 0. The summed E-state index contributed by atoms with van der Waals surface area (Å²) in [6.07, 6.45) is 10.9. The van der Waals surface area contributed by atoms with Crippen LogP contribution in [-0.2, 0) is 12.8 Å². The van der Waals surface area contributed by atoms with Crippen molar-refractivity contribution in [1.82, 2.24) is 0 Å². The van der Waals surface area contributed by atoms with Gasteiger partial charge in [0.1, 0.15) is 0 Å². The number of hydrogen-bond acceptors (Lipinski definition) is 0. The Morgan fingerprint density at radius 1 is 0.680 bits per heavy atom. The lowest BCUT2D eigenvalue weighted by Crippen LogP contribution is -2.05. The SMILES string of the molecule is CCCC[C]1C(c2cccc(CCC)c2CCC)=Cc2ccccc21. The van der Waals surface area contributed by atoms with Crippen LogP contribution in [0.15, 0.2) is 42.5 Å². The molecule has 3 rings (SSSR count).